The fraction of sp³-hybridized carbons (Fsp3) is 0.400. The maximum absolute atomic E-state index is 12.2. The van der Waals surface area contributed by atoms with E-state index < -0.39 is 5.97 Å². The number of nitrogens with zero attached hydrogens (tertiary/aromatic N) is 1. The second-order valence-corrected chi connectivity index (χ2v) is 5.28. The van der Waals surface area contributed by atoms with Gasteiger partial charge in [-0.1, -0.05) is 6.07 Å². The summed E-state index contributed by atoms with van der Waals surface area (Å²) in [4.78, 5) is 26.7. The number of pyridine rings is 1. The van der Waals surface area contributed by atoms with E-state index in [9.17, 15) is 9.59 Å². The van der Waals surface area contributed by atoms with E-state index in [1.165, 1.54) is 12.3 Å². The molecule has 0 saturated carbocycles. The minimum absolute atomic E-state index is 0.0424. The van der Waals surface area contributed by atoms with Crippen LogP contribution in [0.4, 0.5) is 0 Å². The molecule has 1 aromatic heterocycles. The smallest absolute Gasteiger partial charge is 0.328 e. The fourth-order valence-corrected chi connectivity index (χ4v) is 2.13. The van der Waals surface area contributed by atoms with Crippen molar-refractivity contribution < 1.29 is 19.4 Å². The van der Waals surface area contributed by atoms with Crippen molar-refractivity contribution in [2.45, 2.75) is 31.9 Å². The van der Waals surface area contributed by atoms with Crippen LogP contribution < -0.4 is 5.32 Å². The van der Waals surface area contributed by atoms with E-state index in [4.69, 9.17) is 9.84 Å². The number of aliphatic carboxylic acids is 1. The Labute approximate surface area is 122 Å². The molecule has 2 rings (SSSR count). The van der Waals surface area contributed by atoms with Gasteiger partial charge in [-0.25, -0.2) is 4.79 Å². The van der Waals surface area contributed by atoms with Gasteiger partial charge in [-0.3, -0.25) is 9.78 Å². The molecule has 1 aliphatic heterocycles. The molecule has 6 nitrogen and oxygen atoms in total. The molecular weight excluding hydrogens is 272 g/mol. The zero-order chi connectivity index (χ0) is 15.5. The summed E-state index contributed by atoms with van der Waals surface area (Å²) >= 11 is 0. The molecule has 2 atom stereocenters. The average Bonchev–Trinajstić information content (AvgIpc) is 2.76. The van der Waals surface area contributed by atoms with Crippen LogP contribution in [0.1, 0.15) is 36.3 Å². The molecule has 1 amide bonds. The topological polar surface area (TPSA) is 88.5 Å². The maximum atomic E-state index is 12.2. The predicted octanol–water partition coefficient (Wildman–Crippen LogP) is 1.48. The second-order valence-electron chi connectivity index (χ2n) is 5.28. The molecule has 0 aromatic carbocycles. The molecule has 0 aliphatic carbocycles. The summed E-state index contributed by atoms with van der Waals surface area (Å²) in [5, 5.41) is 11.5. The monoisotopic (exact) mass is 290 g/mol. The Morgan fingerprint density at radius 2 is 2.29 bits per heavy atom. The van der Waals surface area contributed by atoms with Crippen molar-refractivity contribution in [2.24, 2.45) is 0 Å². The first kappa shape index (κ1) is 15.2. The van der Waals surface area contributed by atoms with Crippen molar-refractivity contribution in [2.75, 3.05) is 6.61 Å². The van der Waals surface area contributed by atoms with Crippen molar-refractivity contribution in [1.29, 1.82) is 0 Å². The minimum Gasteiger partial charge on any atom is -0.478 e. The van der Waals surface area contributed by atoms with Gasteiger partial charge in [0.1, 0.15) is 5.69 Å². The third-order valence-corrected chi connectivity index (χ3v) is 3.72. The highest BCUT2D eigenvalue weighted by atomic mass is 16.5. The van der Waals surface area contributed by atoms with E-state index in [-0.39, 0.29) is 17.6 Å². The number of amides is 1. The predicted molar refractivity (Wildman–Crippen MR) is 76.8 cm³/mol. The lowest BCUT2D eigenvalue weighted by Crippen LogP contribution is -2.50. The second kappa shape index (κ2) is 6.05. The molecule has 112 valence electrons. The number of carbonyl (C=O) groups is 2. The summed E-state index contributed by atoms with van der Waals surface area (Å²) in [6, 6.07) is 3.22. The third kappa shape index (κ3) is 3.66. The van der Waals surface area contributed by atoms with E-state index in [1.54, 1.807) is 12.1 Å². The van der Waals surface area contributed by atoms with Gasteiger partial charge in [0.05, 0.1) is 11.6 Å². The number of hydrogen-bond donors (Lipinski definition) is 2. The quantitative estimate of drug-likeness (QED) is 0.820. The van der Waals surface area contributed by atoms with E-state index >= 15 is 0 Å². The number of carboxylic acid groups (broad SMARTS) is 1. The van der Waals surface area contributed by atoms with Crippen molar-refractivity contribution in [3.8, 4) is 0 Å². The van der Waals surface area contributed by atoms with Crippen molar-refractivity contribution >= 4 is 18.0 Å². The van der Waals surface area contributed by atoms with Crippen molar-refractivity contribution in [3.05, 3.63) is 35.7 Å². The van der Waals surface area contributed by atoms with Crippen LogP contribution >= 0.6 is 0 Å². The fourth-order valence-electron chi connectivity index (χ4n) is 2.13. The van der Waals surface area contributed by atoms with Crippen molar-refractivity contribution in [1.82, 2.24) is 10.3 Å². The Morgan fingerprint density at radius 3 is 2.81 bits per heavy atom. The maximum Gasteiger partial charge on any atom is 0.328 e. The Kier molecular flexibility index (Phi) is 4.37. The third-order valence-electron chi connectivity index (χ3n) is 3.72. The van der Waals surface area contributed by atoms with Crippen LogP contribution in [0.3, 0.4) is 0 Å². The summed E-state index contributed by atoms with van der Waals surface area (Å²) < 4.78 is 5.48. The lowest BCUT2D eigenvalue weighted by molar-refractivity contribution is -0.131. The first-order valence-electron chi connectivity index (χ1n) is 6.72. The standard InChI is InChI=1S/C15H18N2O4/c1-10-15(2,7-8-21-10)17-14(20)12-5-3-11(9-16-12)4-6-13(18)19/h3-6,9-10H,7-8H2,1-2H3,(H,17,20)(H,18,19)/b6-4+. The molecule has 2 heterocycles. The molecule has 1 fully saturated rings. The number of carboxylic acids is 1. The Bertz CT molecular complexity index is 568. The molecule has 0 spiro atoms. The summed E-state index contributed by atoms with van der Waals surface area (Å²) in [5.74, 6) is -1.29. The Balaban J connectivity index is 2.05. The summed E-state index contributed by atoms with van der Waals surface area (Å²) in [6.07, 6.45) is 4.63. The van der Waals surface area contributed by atoms with Crippen LogP contribution in [0.2, 0.25) is 0 Å². The van der Waals surface area contributed by atoms with Crippen LogP contribution in [0.5, 0.6) is 0 Å². The Hall–Kier alpha value is -2.21. The van der Waals surface area contributed by atoms with Crippen molar-refractivity contribution in [3.63, 3.8) is 0 Å². The molecule has 0 radical (unpaired) electrons. The van der Waals surface area contributed by atoms with Gasteiger partial charge < -0.3 is 15.2 Å². The molecule has 1 aromatic rings. The summed E-state index contributed by atoms with van der Waals surface area (Å²) in [5.41, 5.74) is 0.529. The summed E-state index contributed by atoms with van der Waals surface area (Å²) in [6.45, 7) is 4.51. The molecule has 2 unspecified atom stereocenters. The highest BCUT2D eigenvalue weighted by molar-refractivity contribution is 5.93. The van der Waals surface area contributed by atoms with Gasteiger partial charge in [0.15, 0.2) is 0 Å². The molecule has 6 heteroatoms. The van der Waals surface area contributed by atoms with Crippen LogP contribution in [0.25, 0.3) is 6.08 Å². The highest BCUT2D eigenvalue weighted by Gasteiger charge is 2.38. The van der Waals surface area contributed by atoms with Crippen LogP contribution in [-0.2, 0) is 9.53 Å². The van der Waals surface area contributed by atoms with Gasteiger partial charge in [-0.15, -0.1) is 0 Å². The average molecular weight is 290 g/mol. The number of hydrogen-bond acceptors (Lipinski definition) is 4. The van der Waals surface area contributed by atoms with Gasteiger partial charge in [0.25, 0.3) is 5.91 Å². The molecule has 21 heavy (non-hydrogen) atoms. The van der Waals surface area contributed by atoms with Gasteiger partial charge in [-0.2, -0.15) is 0 Å². The molecule has 1 saturated heterocycles. The van der Waals surface area contributed by atoms with E-state index in [1.807, 2.05) is 13.8 Å². The normalized spacial score (nSPS) is 25.1. The molecule has 2 N–H and O–H groups in total. The zero-order valence-corrected chi connectivity index (χ0v) is 12.0. The van der Waals surface area contributed by atoms with Crippen LogP contribution in [-0.4, -0.2) is 40.2 Å². The van der Waals surface area contributed by atoms with Crippen LogP contribution in [0, 0.1) is 0 Å². The van der Waals surface area contributed by atoms with E-state index in [0.29, 0.717) is 17.9 Å². The van der Waals surface area contributed by atoms with Crippen LogP contribution in [0.15, 0.2) is 24.4 Å². The molecular formula is C15H18N2O4. The Morgan fingerprint density at radius 1 is 1.52 bits per heavy atom. The van der Waals surface area contributed by atoms with E-state index in [0.717, 1.165) is 12.5 Å². The molecule has 0 bridgehead atoms. The lowest BCUT2D eigenvalue weighted by Gasteiger charge is -2.28. The summed E-state index contributed by atoms with van der Waals surface area (Å²) in [7, 11) is 0. The van der Waals surface area contributed by atoms with Gasteiger partial charge in [-0.05, 0) is 38.0 Å². The zero-order valence-electron chi connectivity index (χ0n) is 12.0. The number of carbonyl (C=O) groups excluding carboxylic acids is 1. The lowest BCUT2D eigenvalue weighted by atomic mass is 9.94. The van der Waals surface area contributed by atoms with E-state index in [2.05, 4.69) is 10.3 Å². The first-order chi connectivity index (χ1) is 9.90. The number of rotatable bonds is 4. The highest BCUT2D eigenvalue weighted by Crippen LogP contribution is 2.25. The minimum atomic E-state index is -1.03. The number of ether oxygens (including phenoxy) is 1. The number of aromatic nitrogens is 1. The van der Waals surface area contributed by atoms with Gasteiger partial charge in [0, 0.05) is 18.9 Å². The largest absolute Gasteiger partial charge is 0.478 e. The molecule has 1 aliphatic rings. The van der Waals surface area contributed by atoms with Gasteiger partial charge in [0.2, 0.25) is 0 Å². The van der Waals surface area contributed by atoms with Gasteiger partial charge >= 0.3 is 5.97 Å². The first-order valence-corrected chi connectivity index (χ1v) is 6.72. The number of nitrogens with one attached hydrogen (secondary N) is 1. The SMILES string of the molecule is CC1OCCC1(C)NC(=O)c1ccc(/C=C/C(=O)O)cn1.